The van der Waals surface area contributed by atoms with Gasteiger partial charge in [-0.05, 0) is 178 Å². The van der Waals surface area contributed by atoms with Crippen molar-refractivity contribution in [3.05, 3.63) is 238 Å². The molecule has 97 heavy (non-hydrogen) atoms. The van der Waals surface area contributed by atoms with Gasteiger partial charge in [-0.15, -0.1) is 0 Å². The fourth-order valence-electron chi connectivity index (χ4n) is 10.6. The number of aromatic hydroxyl groups is 2. The van der Waals surface area contributed by atoms with Crippen molar-refractivity contribution in [2.24, 2.45) is 10.7 Å². The van der Waals surface area contributed by atoms with Crippen molar-refractivity contribution >= 4 is 29.2 Å². The number of ether oxygens (including phenoxy) is 3. The predicted octanol–water partition coefficient (Wildman–Crippen LogP) is 16.9. The average molecular weight is 1300 g/mol. The third-order valence-corrected chi connectivity index (χ3v) is 16.0. The van der Waals surface area contributed by atoms with E-state index in [9.17, 15) is 24.6 Å². The lowest BCUT2D eigenvalue weighted by Crippen LogP contribution is -2.41. The number of aliphatic imine (C=N–C) groups is 1. The van der Waals surface area contributed by atoms with Gasteiger partial charge >= 0.3 is 6.09 Å². The van der Waals surface area contributed by atoms with E-state index in [1.807, 2.05) is 194 Å². The second-order valence-corrected chi connectivity index (χ2v) is 25.2. The van der Waals surface area contributed by atoms with Crippen LogP contribution in [0.25, 0.3) is 79.5 Å². The highest BCUT2D eigenvalue weighted by Crippen LogP contribution is 2.37. The Labute approximate surface area is 568 Å². The maximum Gasteiger partial charge on any atom is 0.407 e. The van der Waals surface area contributed by atoms with E-state index in [0.29, 0.717) is 57.6 Å². The van der Waals surface area contributed by atoms with Gasteiger partial charge in [0.15, 0.2) is 41.6 Å². The van der Waals surface area contributed by atoms with Crippen molar-refractivity contribution in [3.8, 4) is 91.3 Å². The molecule has 0 aliphatic rings. The Morgan fingerprint density at radius 3 is 1.19 bits per heavy atom. The molecule has 8 aromatic carbocycles. The summed E-state index contributed by atoms with van der Waals surface area (Å²) in [7, 11) is 0. The Balaban J connectivity index is 0.000000212. The highest BCUT2D eigenvalue weighted by atomic mass is 16.6. The van der Waals surface area contributed by atoms with Gasteiger partial charge in [-0.25, -0.2) is 39.5 Å². The maximum absolute atomic E-state index is 12.6. The smallest absolute Gasteiger partial charge is 0.407 e. The summed E-state index contributed by atoms with van der Waals surface area (Å²) in [6.45, 7) is 35.5. The first-order valence-corrected chi connectivity index (χ1v) is 31.6. The minimum Gasteiger partial charge on any atom is -0.507 e. The van der Waals surface area contributed by atoms with Crippen LogP contribution in [0.5, 0.6) is 23.0 Å². The first-order valence-electron chi connectivity index (χ1n) is 31.6. The quantitative estimate of drug-likeness (QED) is 0.0334. The molecule has 496 valence electrons. The number of nitrogens with one attached hydrogen (secondary N) is 1. The van der Waals surface area contributed by atoms with Gasteiger partial charge in [0.05, 0.1) is 22.2 Å². The van der Waals surface area contributed by atoms with Gasteiger partial charge in [0.25, 0.3) is 5.91 Å². The van der Waals surface area contributed by atoms with Crippen molar-refractivity contribution in [1.29, 1.82) is 0 Å². The summed E-state index contributed by atoms with van der Waals surface area (Å²) in [5.41, 5.74) is 23.1. The molecule has 0 spiro atoms. The fraction of sp³-hybridized carbons (Fsp3) is 0.237. The van der Waals surface area contributed by atoms with Crippen molar-refractivity contribution in [2.75, 3.05) is 19.8 Å². The van der Waals surface area contributed by atoms with Crippen LogP contribution in [-0.2, 0) is 25.4 Å². The molecule has 17 heteroatoms. The molecule has 2 heterocycles. The number of allylic oxidation sites excluding steroid dienone is 2. The van der Waals surface area contributed by atoms with Crippen molar-refractivity contribution < 1.29 is 38.8 Å². The highest BCUT2D eigenvalue weighted by Gasteiger charge is 2.25. The molecule has 0 saturated carbocycles. The number of nitrogens with zero attached hydrogens (tertiary/aromatic N) is 7. The Morgan fingerprint density at radius 1 is 0.485 bits per heavy atom. The minimum absolute atomic E-state index is 0.0161. The van der Waals surface area contributed by atoms with E-state index in [0.717, 1.165) is 100 Å². The number of benzene rings is 8. The van der Waals surface area contributed by atoms with Gasteiger partial charge < -0.3 is 35.5 Å². The third kappa shape index (κ3) is 18.7. The second kappa shape index (κ2) is 31.2. The van der Waals surface area contributed by atoms with Crippen LogP contribution < -0.4 is 20.5 Å². The lowest BCUT2D eigenvalue weighted by atomic mass is 9.92. The average Bonchev–Trinajstić information content (AvgIpc) is 0.795. The summed E-state index contributed by atoms with van der Waals surface area (Å²) >= 11 is 0. The summed E-state index contributed by atoms with van der Waals surface area (Å²) in [4.78, 5) is 66.3. The summed E-state index contributed by atoms with van der Waals surface area (Å²) < 4.78 is 16.5. The standard InChI is InChI=1S/C40H42N4O4.C27H26N4O3.C13H15NO/c1-24(2)29-10-9-11-30(22-29)40(7,8)44-39(46)48-19-18-47-31-14-17-34(35(45)23-31)38-42-36(32-15-12-25(3)20-27(32)5)41-37(43-38)33-16-13-26(4)21-28(33)6;1-15-5-8-20(17(3)11-15)25-29-26(21-9-6-16(2)12-18(21)4)31-27(30-25)22-10-7-19(13-23(22)32)34-14-24(28)33;1-10(2)11-6-5-7-12(8-11)13(3,4)14-9-15/h9-17,20-23,45H,1,18-19H2,2-8H3,(H,44,46);5-13,32H,14H2,1-4H3,(H2,28,33);5-8H,1H2,2-4H3. The zero-order chi connectivity index (χ0) is 70.5. The third-order valence-electron chi connectivity index (χ3n) is 16.0. The second-order valence-electron chi connectivity index (χ2n) is 25.2. The van der Waals surface area contributed by atoms with Crippen LogP contribution in [0.3, 0.4) is 0 Å². The largest absolute Gasteiger partial charge is 0.507 e. The van der Waals surface area contributed by atoms with Gasteiger partial charge in [0, 0.05) is 34.4 Å². The topological polar surface area (TPSA) is 247 Å². The molecule has 0 unspecified atom stereocenters. The van der Waals surface area contributed by atoms with Crippen molar-refractivity contribution in [2.45, 2.75) is 108 Å². The van der Waals surface area contributed by atoms with Crippen LogP contribution >= 0.6 is 0 Å². The molecule has 0 fully saturated rings. The summed E-state index contributed by atoms with van der Waals surface area (Å²) in [5.74, 6) is 2.77. The monoisotopic (exact) mass is 1300 g/mol. The first kappa shape index (κ1) is 71.4. The fourth-order valence-corrected chi connectivity index (χ4v) is 10.6. The number of amides is 2. The SMILES string of the molecule is C=C(C)c1cccc(C(C)(C)N=C=O)c1.C=C(C)c1cccc(C(C)(C)NC(=O)OCCOc2ccc(-c3nc(-c4ccc(C)cc4C)nc(-c4ccc(C)cc4C)n3)c(O)c2)c1.Cc1ccc(-c2nc(-c3ccc(C)cc3C)nc(-c3ccc(OCC(N)=O)cc3O)n2)c(C)c1. The molecule has 0 bridgehead atoms. The molecule has 2 amide bonds. The van der Waals surface area contributed by atoms with Crippen molar-refractivity contribution in [3.63, 3.8) is 0 Å². The number of hydrogen-bond acceptors (Lipinski definition) is 15. The van der Waals surface area contributed by atoms with Gasteiger partial charge in [-0.1, -0.05) is 156 Å². The predicted molar refractivity (Wildman–Crippen MR) is 385 cm³/mol. The number of phenols is 2. The maximum atomic E-state index is 12.6. The molecular weight excluding hydrogens is 1210 g/mol. The van der Waals surface area contributed by atoms with Crippen LogP contribution in [0.15, 0.2) is 176 Å². The van der Waals surface area contributed by atoms with Gasteiger partial charge in [0.1, 0.15) is 36.2 Å². The van der Waals surface area contributed by atoms with Crippen LogP contribution in [0, 0.1) is 55.4 Å². The molecule has 5 N–H and O–H groups in total. The van der Waals surface area contributed by atoms with Crippen molar-refractivity contribution in [1.82, 2.24) is 35.2 Å². The minimum atomic E-state index is -0.657. The molecule has 0 aliphatic carbocycles. The summed E-state index contributed by atoms with van der Waals surface area (Å²) in [6.07, 6.45) is 1.05. The molecule has 0 radical (unpaired) electrons. The number of carbonyl (C=O) groups is 2. The lowest BCUT2D eigenvalue weighted by molar-refractivity contribution is -0.119. The number of rotatable bonds is 19. The molecule has 2 aromatic heterocycles. The van der Waals surface area contributed by atoms with E-state index in [1.165, 1.54) is 12.1 Å². The Morgan fingerprint density at radius 2 is 0.835 bits per heavy atom. The Kier molecular flexibility index (Phi) is 23.0. The number of phenolic OH excluding ortho intramolecular Hbond substituents is 2. The van der Waals surface area contributed by atoms with Gasteiger partial charge in [-0.3, -0.25) is 4.79 Å². The highest BCUT2D eigenvalue weighted by molar-refractivity contribution is 5.77. The molecular formula is C80H83N9O8. The number of aromatic nitrogens is 6. The molecule has 0 saturated heterocycles. The number of nitrogens with two attached hydrogens (primary N) is 1. The van der Waals surface area contributed by atoms with Gasteiger partial charge in [-0.2, -0.15) is 4.99 Å². The number of hydrogen-bond donors (Lipinski definition) is 4. The number of aryl methyl sites for hydroxylation is 8. The molecule has 10 aromatic rings. The number of carbonyl (C=O) groups excluding carboxylic acids is 3. The van der Waals surface area contributed by atoms with Crippen LogP contribution in [0.2, 0.25) is 0 Å². The zero-order valence-electron chi connectivity index (χ0n) is 57.6. The van der Waals surface area contributed by atoms with Crippen LogP contribution in [0.1, 0.15) is 108 Å². The van der Waals surface area contributed by atoms with Crippen LogP contribution in [0.4, 0.5) is 4.79 Å². The molecule has 0 aliphatic heterocycles. The molecule has 0 atom stereocenters. The zero-order valence-corrected chi connectivity index (χ0v) is 57.6. The normalized spacial score (nSPS) is 11.0. The Bertz CT molecular complexity index is 4530. The summed E-state index contributed by atoms with van der Waals surface area (Å²) in [5, 5.41) is 24.7. The van der Waals surface area contributed by atoms with E-state index in [4.69, 9.17) is 49.8 Å². The lowest BCUT2D eigenvalue weighted by Gasteiger charge is -2.27. The Hall–Kier alpha value is -11.4. The molecule has 17 nitrogen and oxygen atoms in total. The molecule has 10 rings (SSSR count). The van der Waals surface area contributed by atoms with E-state index in [1.54, 1.807) is 30.3 Å². The van der Waals surface area contributed by atoms with E-state index in [2.05, 4.69) is 47.7 Å². The van der Waals surface area contributed by atoms with Crippen LogP contribution in [-0.4, -0.2) is 78.0 Å². The number of primary amides is 1. The van der Waals surface area contributed by atoms with E-state index in [-0.39, 0.29) is 31.3 Å². The van der Waals surface area contributed by atoms with Gasteiger partial charge in [0.2, 0.25) is 6.08 Å². The first-order chi connectivity index (χ1) is 46.0. The summed E-state index contributed by atoms with van der Waals surface area (Å²) in [6, 6.07) is 49.9. The van der Waals surface area contributed by atoms with E-state index >= 15 is 0 Å². The van der Waals surface area contributed by atoms with E-state index < -0.39 is 23.1 Å². The number of isocyanates is 1. The number of alkyl carbamates (subject to hydrolysis) is 1.